The molecule has 0 N–H and O–H groups in total. The molecular weight excluding hydrogens is 214 g/mol. The lowest BCUT2D eigenvalue weighted by Gasteiger charge is -1.98. The summed E-state index contributed by atoms with van der Waals surface area (Å²) in [7, 11) is 1.66. The minimum Gasteiger partial charge on any atom is -0.497 e. The number of aryl methyl sites for hydroxylation is 1. The fraction of sp³-hybridized carbons (Fsp3) is 0.214. The molecule has 3 heteroatoms. The van der Waals surface area contributed by atoms with Crippen LogP contribution in [0.1, 0.15) is 23.8 Å². The zero-order valence-corrected chi connectivity index (χ0v) is 10.0. The van der Waals surface area contributed by atoms with Crippen molar-refractivity contribution in [2.24, 2.45) is 0 Å². The quantitative estimate of drug-likeness (QED) is 0.805. The first-order valence-corrected chi connectivity index (χ1v) is 5.59. The van der Waals surface area contributed by atoms with Crippen molar-refractivity contribution >= 4 is 12.2 Å². The van der Waals surface area contributed by atoms with Crippen molar-refractivity contribution in [2.75, 3.05) is 7.11 Å². The molecule has 0 amide bonds. The largest absolute Gasteiger partial charge is 0.497 e. The van der Waals surface area contributed by atoms with Crippen LogP contribution >= 0.6 is 0 Å². The van der Waals surface area contributed by atoms with Gasteiger partial charge in [0.25, 0.3) is 0 Å². The highest BCUT2D eigenvalue weighted by atomic mass is 16.5. The lowest BCUT2D eigenvalue weighted by Crippen LogP contribution is -1.81. The van der Waals surface area contributed by atoms with E-state index in [4.69, 9.17) is 9.26 Å². The van der Waals surface area contributed by atoms with Crippen LogP contribution in [0.4, 0.5) is 0 Å². The fourth-order valence-electron chi connectivity index (χ4n) is 1.58. The number of hydrogen-bond acceptors (Lipinski definition) is 3. The second-order valence-electron chi connectivity index (χ2n) is 3.66. The number of hydrogen-bond donors (Lipinski definition) is 0. The highest BCUT2D eigenvalue weighted by molar-refractivity contribution is 5.70. The normalized spacial score (nSPS) is 10.9. The van der Waals surface area contributed by atoms with Crippen molar-refractivity contribution in [1.82, 2.24) is 5.16 Å². The van der Waals surface area contributed by atoms with Gasteiger partial charge in [-0.05, 0) is 23.8 Å². The van der Waals surface area contributed by atoms with Crippen LogP contribution in [0.25, 0.3) is 12.2 Å². The molecule has 1 heterocycles. The van der Waals surface area contributed by atoms with Gasteiger partial charge in [0.1, 0.15) is 11.5 Å². The first-order chi connectivity index (χ1) is 8.33. The summed E-state index contributed by atoms with van der Waals surface area (Å²) in [5.74, 6) is 1.77. The topological polar surface area (TPSA) is 35.3 Å². The smallest absolute Gasteiger partial charge is 0.143 e. The van der Waals surface area contributed by atoms with E-state index in [2.05, 4.69) is 5.16 Å². The van der Waals surface area contributed by atoms with E-state index in [1.807, 2.05) is 43.3 Å². The fourth-order valence-corrected chi connectivity index (χ4v) is 1.58. The van der Waals surface area contributed by atoms with E-state index in [1.54, 1.807) is 13.3 Å². The molecular formula is C14H15NO2. The Morgan fingerprint density at radius 2 is 2.00 bits per heavy atom. The molecule has 3 nitrogen and oxygen atoms in total. The molecule has 1 aromatic heterocycles. The van der Waals surface area contributed by atoms with Gasteiger partial charge in [-0.1, -0.05) is 30.3 Å². The number of aromatic nitrogens is 1. The van der Waals surface area contributed by atoms with Gasteiger partial charge in [0, 0.05) is 12.0 Å². The van der Waals surface area contributed by atoms with Gasteiger partial charge in [0.05, 0.1) is 13.3 Å². The van der Waals surface area contributed by atoms with Crippen LogP contribution in [0.2, 0.25) is 0 Å². The predicted molar refractivity (Wildman–Crippen MR) is 67.8 cm³/mol. The molecule has 0 unspecified atom stereocenters. The molecule has 0 aliphatic carbocycles. The Bertz CT molecular complexity index is 497. The highest BCUT2D eigenvalue weighted by Crippen LogP contribution is 2.15. The van der Waals surface area contributed by atoms with Gasteiger partial charge in [-0.2, -0.15) is 0 Å². The Morgan fingerprint density at radius 1 is 1.24 bits per heavy atom. The van der Waals surface area contributed by atoms with Crippen molar-refractivity contribution < 1.29 is 9.26 Å². The zero-order chi connectivity index (χ0) is 12.1. The van der Waals surface area contributed by atoms with Crippen molar-refractivity contribution in [1.29, 1.82) is 0 Å². The summed E-state index contributed by atoms with van der Waals surface area (Å²) >= 11 is 0. The molecule has 0 atom stereocenters. The van der Waals surface area contributed by atoms with Crippen LogP contribution in [0.3, 0.4) is 0 Å². The Hall–Kier alpha value is -2.03. The molecule has 0 saturated carbocycles. The van der Waals surface area contributed by atoms with Crippen molar-refractivity contribution in [3.63, 3.8) is 0 Å². The minimum atomic E-state index is 0.849. The third-order valence-electron chi connectivity index (χ3n) is 2.57. The summed E-state index contributed by atoms with van der Waals surface area (Å²) in [4.78, 5) is 0. The van der Waals surface area contributed by atoms with Crippen LogP contribution in [0.15, 0.2) is 35.0 Å². The molecule has 88 valence electrons. The molecule has 0 saturated heterocycles. The Balaban J connectivity index is 2.14. The van der Waals surface area contributed by atoms with E-state index < -0.39 is 0 Å². The van der Waals surface area contributed by atoms with Crippen LogP contribution in [0.5, 0.6) is 5.75 Å². The number of methoxy groups -OCH3 is 1. The summed E-state index contributed by atoms with van der Waals surface area (Å²) in [6.07, 6.45) is 6.63. The van der Waals surface area contributed by atoms with E-state index >= 15 is 0 Å². The summed E-state index contributed by atoms with van der Waals surface area (Å²) in [5.41, 5.74) is 2.15. The van der Waals surface area contributed by atoms with Crippen LogP contribution in [-0.2, 0) is 6.42 Å². The molecule has 0 aliphatic heterocycles. The number of ether oxygens (including phenoxy) is 1. The van der Waals surface area contributed by atoms with E-state index in [-0.39, 0.29) is 0 Å². The molecule has 2 aromatic rings. The van der Waals surface area contributed by atoms with Crippen LogP contribution in [0, 0.1) is 0 Å². The molecule has 0 radical (unpaired) electrons. The molecule has 0 spiro atoms. The first kappa shape index (κ1) is 11.5. The standard InChI is InChI=1S/C14H15NO2/c1-3-14-12(10-15-17-14)7-4-11-5-8-13(16-2)9-6-11/h4-10H,3H2,1-2H3/b7-4+. The number of nitrogens with zero attached hydrogens (tertiary/aromatic N) is 1. The maximum absolute atomic E-state index is 5.12. The van der Waals surface area contributed by atoms with E-state index in [0.717, 1.165) is 29.1 Å². The van der Waals surface area contributed by atoms with Gasteiger partial charge in [-0.15, -0.1) is 0 Å². The van der Waals surface area contributed by atoms with E-state index in [0.29, 0.717) is 0 Å². The average Bonchev–Trinajstić information content (AvgIpc) is 2.84. The molecule has 0 fully saturated rings. The lowest BCUT2D eigenvalue weighted by atomic mass is 10.1. The molecule has 2 rings (SSSR count). The van der Waals surface area contributed by atoms with Gasteiger partial charge in [-0.25, -0.2) is 0 Å². The highest BCUT2D eigenvalue weighted by Gasteiger charge is 2.01. The van der Waals surface area contributed by atoms with Gasteiger partial charge < -0.3 is 9.26 Å². The Kier molecular flexibility index (Phi) is 3.60. The molecule has 1 aromatic carbocycles. The predicted octanol–water partition coefficient (Wildman–Crippen LogP) is 3.42. The number of rotatable bonds is 4. The minimum absolute atomic E-state index is 0.849. The Labute approximate surface area is 101 Å². The maximum atomic E-state index is 5.12. The van der Waals surface area contributed by atoms with Crippen LogP contribution < -0.4 is 4.74 Å². The maximum Gasteiger partial charge on any atom is 0.143 e. The summed E-state index contributed by atoms with van der Waals surface area (Å²) in [6.45, 7) is 2.05. The third kappa shape index (κ3) is 2.75. The summed E-state index contributed by atoms with van der Waals surface area (Å²) in [6, 6.07) is 7.89. The van der Waals surface area contributed by atoms with Gasteiger partial charge in [-0.3, -0.25) is 0 Å². The van der Waals surface area contributed by atoms with Crippen molar-refractivity contribution in [2.45, 2.75) is 13.3 Å². The van der Waals surface area contributed by atoms with Gasteiger partial charge in [0.2, 0.25) is 0 Å². The van der Waals surface area contributed by atoms with E-state index in [1.165, 1.54) is 0 Å². The van der Waals surface area contributed by atoms with Gasteiger partial charge in [0.15, 0.2) is 0 Å². The zero-order valence-electron chi connectivity index (χ0n) is 10.0. The lowest BCUT2D eigenvalue weighted by molar-refractivity contribution is 0.386. The summed E-state index contributed by atoms with van der Waals surface area (Å²) in [5, 5.41) is 3.79. The molecule has 0 aliphatic rings. The summed E-state index contributed by atoms with van der Waals surface area (Å²) < 4.78 is 10.2. The van der Waals surface area contributed by atoms with Crippen LogP contribution in [-0.4, -0.2) is 12.3 Å². The molecule has 0 bridgehead atoms. The SMILES string of the molecule is CCc1oncc1/C=C/c1ccc(OC)cc1. The monoisotopic (exact) mass is 229 g/mol. The first-order valence-electron chi connectivity index (χ1n) is 5.59. The average molecular weight is 229 g/mol. The second kappa shape index (κ2) is 5.34. The second-order valence-corrected chi connectivity index (χ2v) is 3.66. The third-order valence-corrected chi connectivity index (χ3v) is 2.57. The number of benzene rings is 1. The molecule has 17 heavy (non-hydrogen) atoms. The van der Waals surface area contributed by atoms with Crippen molar-refractivity contribution in [3.8, 4) is 5.75 Å². The van der Waals surface area contributed by atoms with E-state index in [9.17, 15) is 0 Å². The van der Waals surface area contributed by atoms with Gasteiger partial charge >= 0.3 is 0 Å². The van der Waals surface area contributed by atoms with Crippen molar-refractivity contribution in [3.05, 3.63) is 47.3 Å². The Morgan fingerprint density at radius 3 is 2.65 bits per heavy atom.